The second-order valence-electron chi connectivity index (χ2n) is 6.22. The Hall–Kier alpha value is -2.74. The first kappa shape index (κ1) is 16.7. The van der Waals surface area contributed by atoms with Gasteiger partial charge in [0.15, 0.2) is 0 Å². The van der Waals surface area contributed by atoms with Crippen LogP contribution in [-0.4, -0.2) is 26.0 Å². The van der Waals surface area contributed by atoms with Crippen LogP contribution < -0.4 is 10.7 Å². The average Bonchev–Trinajstić information content (AvgIpc) is 3.29. The van der Waals surface area contributed by atoms with Crippen LogP contribution in [0, 0.1) is 13.8 Å². The van der Waals surface area contributed by atoms with Crippen molar-refractivity contribution in [3.63, 3.8) is 0 Å². The second-order valence-corrected chi connectivity index (χ2v) is 7.33. The zero-order valence-corrected chi connectivity index (χ0v) is 15.3. The summed E-state index contributed by atoms with van der Waals surface area (Å²) in [5, 5.41) is 11.5. The van der Waals surface area contributed by atoms with Crippen molar-refractivity contribution in [2.24, 2.45) is 0 Å². The lowest BCUT2D eigenvalue weighted by Crippen LogP contribution is -2.43. The Morgan fingerprint density at radius 2 is 2.08 bits per heavy atom. The molecule has 1 amide bonds. The molecule has 4 rings (SSSR count). The Labute approximate surface area is 155 Å². The van der Waals surface area contributed by atoms with Gasteiger partial charge in [-0.15, -0.1) is 10.2 Å². The van der Waals surface area contributed by atoms with Crippen molar-refractivity contribution in [2.45, 2.75) is 36.8 Å². The highest BCUT2D eigenvalue weighted by molar-refractivity contribution is 8.00. The molecular weight excluding hydrogens is 350 g/mol. The van der Waals surface area contributed by atoms with Gasteiger partial charge >= 0.3 is 0 Å². The van der Waals surface area contributed by atoms with Gasteiger partial charge in [0, 0.05) is 0 Å². The topological polar surface area (TPSA) is 85.0 Å². The van der Waals surface area contributed by atoms with E-state index in [4.69, 9.17) is 4.42 Å². The van der Waals surface area contributed by atoms with Crippen molar-refractivity contribution >= 4 is 17.7 Å². The van der Waals surface area contributed by atoms with Crippen LogP contribution in [0.25, 0.3) is 0 Å². The highest BCUT2D eigenvalue weighted by Gasteiger charge is 2.37. The van der Waals surface area contributed by atoms with E-state index >= 15 is 0 Å². The summed E-state index contributed by atoms with van der Waals surface area (Å²) >= 11 is 1.41. The molecule has 0 saturated carbocycles. The zero-order chi connectivity index (χ0) is 18.1. The summed E-state index contributed by atoms with van der Waals surface area (Å²) in [6, 6.07) is 11.6. The number of aryl methyl sites for hydroxylation is 2. The molecule has 26 heavy (non-hydrogen) atoms. The number of fused-ring (bicyclic) bond motifs is 1. The summed E-state index contributed by atoms with van der Waals surface area (Å²) in [7, 11) is 0. The molecule has 2 atom stereocenters. The smallest absolute Gasteiger partial charge is 0.236 e. The van der Waals surface area contributed by atoms with E-state index in [1.165, 1.54) is 17.3 Å². The van der Waals surface area contributed by atoms with Gasteiger partial charge in [0.05, 0.1) is 18.8 Å². The predicted octanol–water partition coefficient (Wildman–Crippen LogP) is 2.56. The van der Waals surface area contributed by atoms with E-state index < -0.39 is 0 Å². The van der Waals surface area contributed by atoms with Gasteiger partial charge in [0.25, 0.3) is 0 Å². The van der Waals surface area contributed by atoms with Crippen LogP contribution in [0.3, 0.4) is 0 Å². The van der Waals surface area contributed by atoms with Gasteiger partial charge < -0.3 is 15.2 Å². The van der Waals surface area contributed by atoms with E-state index in [-0.39, 0.29) is 17.2 Å². The van der Waals surface area contributed by atoms with Gasteiger partial charge in [0.1, 0.15) is 16.8 Å². The maximum Gasteiger partial charge on any atom is 0.236 e. The first-order valence-corrected chi connectivity index (χ1v) is 9.21. The van der Waals surface area contributed by atoms with Crippen LogP contribution >= 0.6 is 11.8 Å². The Balaban J connectivity index is 1.60. The Morgan fingerprint density at radius 3 is 2.81 bits per heavy atom. The van der Waals surface area contributed by atoms with Crippen LogP contribution in [0.15, 0.2) is 52.2 Å². The molecular formula is C18H19N5O2S. The third-order valence-corrected chi connectivity index (χ3v) is 5.53. The Kier molecular flexibility index (Phi) is 4.42. The van der Waals surface area contributed by atoms with Crippen molar-refractivity contribution < 1.29 is 9.21 Å². The van der Waals surface area contributed by atoms with Gasteiger partial charge in [0.2, 0.25) is 11.1 Å². The number of nitrogens with one attached hydrogen (secondary N) is 2. The number of amides is 1. The SMILES string of the molecule is Cc1ccc([C@H]2Nn3c(C)nnc3S[C@H]2C(=O)NCc2ccco2)cc1. The van der Waals surface area contributed by atoms with Gasteiger partial charge in [-0.25, -0.2) is 4.68 Å². The van der Waals surface area contributed by atoms with Crippen molar-refractivity contribution in [1.82, 2.24) is 20.2 Å². The largest absolute Gasteiger partial charge is 0.467 e. The summed E-state index contributed by atoms with van der Waals surface area (Å²) < 4.78 is 7.13. The molecule has 0 bridgehead atoms. The molecule has 0 unspecified atom stereocenters. The molecule has 8 heteroatoms. The number of rotatable bonds is 4. The number of hydrogen-bond acceptors (Lipinski definition) is 6. The van der Waals surface area contributed by atoms with Crippen molar-refractivity contribution in [3.8, 4) is 0 Å². The number of benzene rings is 1. The number of nitrogens with zero attached hydrogens (tertiary/aromatic N) is 3. The fourth-order valence-electron chi connectivity index (χ4n) is 2.87. The number of aromatic nitrogens is 3. The quantitative estimate of drug-likeness (QED) is 0.735. The Bertz CT molecular complexity index is 904. The fraction of sp³-hybridized carbons (Fsp3) is 0.278. The molecule has 1 aliphatic rings. The molecule has 2 N–H and O–H groups in total. The third kappa shape index (κ3) is 3.20. The van der Waals surface area contributed by atoms with E-state index in [9.17, 15) is 4.79 Å². The molecule has 1 aromatic carbocycles. The number of carbonyl (C=O) groups excluding carboxylic acids is 1. The Morgan fingerprint density at radius 1 is 1.27 bits per heavy atom. The van der Waals surface area contributed by atoms with Crippen LogP contribution in [0.5, 0.6) is 0 Å². The summed E-state index contributed by atoms with van der Waals surface area (Å²) in [5.41, 5.74) is 5.61. The summed E-state index contributed by atoms with van der Waals surface area (Å²) in [4.78, 5) is 12.9. The summed E-state index contributed by atoms with van der Waals surface area (Å²) in [6.07, 6.45) is 1.60. The van der Waals surface area contributed by atoms with E-state index in [0.717, 1.165) is 17.1 Å². The lowest BCUT2D eigenvalue weighted by Gasteiger charge is -2.32. The monoisotopic (exact) mass is 369 g/mol. The molecule has 2 aromatic heterocycles. The predicted molar refractivity (Wildman–Crippen MR) is 98.2 cm³/mol. The van der Waals surface area contributed by atoms with Crippen LogP contribution in [0.1, 0.15) is 28.8 Å². The summed E-state index contributed by atoms with van der Waals surface area (Å²) in [5.74, 6) is 1.41. The lowest BCUT2D eigenvalue weighted by atomic mass is 10.0. The molecule has 1 aliphatic heterocycles. The standard InChI is InChI=1S/C18H19N5O2S/c1-11-5-7-13(8-6-11)15-16(17(24)19-10-14-4-3-9-25-14)26-18-21-20-12(2)23(18)22-15/h3-9,15-16,22H,10H2,1-2H3,(H,19,24)/t15-,16-/m1/s1. The highest BCUT2D eigenvalue weighted by atomic mass is 32.2. The lowest BCUT2D eigenvalue weighted by molar-refractivity contribution is -0.121. The maximum absolute atomic E-state index is 12.9. The minimum absolute atomic E-state index is 0.0728. The number of carbonyl (C=O) groups is 1. The number of furan rings is 1. The molecule has 0 fully saturated rings. The van der Waals surface area contributed by atoms with E-state index in [1.807, 2.05) is 48.9 Å². The average molecular weight is 369 g/mol. The fourth-order valence-corrected chi connectivity index (χ4v) is 4.02. The number of thioether (sulfide) groups is 1. The van der Waals surface area contributed by atoms with Crippen LogP contribution in [0.4, 0.5) is 0 Å². The molecule has 0 aliphatic carbocycles. The normalized spacial score (nSPS) is 18.8. The molecule has 134 valence electrons. The minimum atomic E-state index is -0.372. The second kappa shape index (κ2) is 6.87. The maximum atomic E-state index is 12.9. The van der Waals surface area contributed by atoms with Gasteiger partial charge in [-0.1, -0.05) is 41.6 Å². The van der Waals surface area contributed by atoms with Crippen molar-refractivity contribution in [3.05, 3.63) is 65.4 Å². The first-order chi connectivity index (χ1) is 12.6. The van der Waals surface area contributed by atoms with Crippen LogP contribution in [0.2, 0.25) is 0 Å². The zero-order valence-electron chi connectivity index (χ0n) is 14.5. The highest BCUT2D eigenvalue weighted by Crippen LogP contribution is 2.37. The first-order valence-electron chi connectivity index (χ1n) is 8.33. The van der Waals surface area contributed by atoms with Crippen molar-refractivity contribution in [2.75, 3.05) is 5.43 Å². The van der Waals surface area contributed by atoms with Crippen LogP contribution in [-0.2, 0) is 11.3 Å². The van der Waals surface area contributed by atoms with E-state index in [0.29, 0.717) is 11.7 Å². The van der Waals surface area contributed by atoms with E-state index in [1.54, 1.807) is 12.3 Å². The molecule has 0 spiro atoms. The summed E-state index contributed by atoms with van der Waals surface area (Å²) in [6.45, 7) is 4.28. The van der Waals surface area contributed by atoms with Gasteiger partial charge in [-0.3, -0.25) is 4.79 Å². The van der Waals surface area contributed by atoms with Gasteiger partial charge in [-0.2, -0.15) is 0 Å². The molecule has 0 radical (unpaired) electrons. The molecule has 3 aromatic rings. The van der Waals surface area contributed by atoms with E-state index in [2.05, 4.69) is 20.9 Å². The third-order valence-electron chi connectivity index (χ3n) is 4.31. The van der Waals surface area contributed by atoms with Gasteiger partial charge in [-0.05, 0) is 31.5 Å². The molecule has 7 nitrogen and oxygen atoms in total. The molecule has 3 heterocycles. The molecule has 0 saturated heterocycles. The minimum Gasteiger partial charge on any atom is -0.467 e. The number of hydrogen-bond donors (Lipinski definition) is 2. The van der Waals surface area contributed by atoms with Crippen molar-refractivity contribution in [1.29, 1.82) is 0 Å².